The Hall–Kier alpha value is -0.650. The molecule has 0 aromatic carbocycles. The van der Waals surface area contributed by atoms with Crippen LogP contribution in [-0.4, -0.2) is 43.3 Å². The van der Waals surface area contributed by atoms with Crippen molar-refractivity contribution in [3.05, 3.63) is 0 Å². The van der Waals surface area contributed by atoms with Crippen molar-refractivity contribution in [2.24, 2.45) is 0 Å². The molecular formula is C10H20O5. The van der Waals surface area contributed by atoms with Crippen molar-refractivity contribution in [2.75, 3.05) is 26.4 Å². The number of carbonyl (C=O) groups excluding carboxylic acids is 1. The van der Waals surface area contributed by atoms with Gasteiger partial charge in [0.15, 0.2) is 0 Å². The molecule has 0 aliphatic heterocycles. The fourth-order valence-corrected chi connectivity index (χ4v) is 0.871. The maximum absolute atomic E-state index is 10.9. The molecule has 0 aliphatic rings. The first kappa shape index (κ1) is 14.3. The van der Waals surface area contributed by atoms with Gasteiger partial charge in [-0.15, -0.1) is 0 Å². The average molecular weight is 220 g/mol. The second-order valence-electron chi connectivity index (χ2n) is 3.25. The summed E-state index contributed by atoms with van der Waals surface area (Å²) < 4.78 is 14.9. The Labute approximate surface area is 90.3 Å². The van der Waals surface area contributed by atoms with Crippen LogP contribution in [0.2, 0.25) is 0 Å². The van der Waals surface area contributed by atoms with Gasteiger partial charge in [-0.05, 0) is 6.92 Å². The summed E-state index contributed by atoms with van der Waals surface area (Å²) in [5.41, 5.74) is 0. The van der Waals surface area contributed by atoms with E-state index in [1.54, 1.807) is 6.92 Å². The summed E-state index contributed by atoms with van der Waals surface area (Å²) in [5, 5.41) is 9.56. The van der Waals surface area contributed by atoms with E-state index in [2.05, 4.69) is 0 Å². The van der Waals surface area contributed by atoms with Gasteiger partial charge in [0.25, 0.3) is 0 Å². The van der Waals surface area contributed by atoms with Crippen molar-refractivity contribution >= 4 is 5.97 Å². The van der Waals surface area contributed by atoms with Crippen molar-refractivity contribution in [2.45, 2.75) is 33.0 Å². The van der Waals surface area contributed by atoms with Gasteiger partial charge in [-0.2, -0.15) is 0 Å². The zero-order valence-electron chi connectivity index (χ0n) is 9.62. The highest BCUT2D eigenvalue weighted by molar-refractivity contribution is 5.69. The van der Waals surface area contributed by atoms with Crippen molar-refractivity contribution in [1.29, 1.82) is 0 Å². The highest BCUT2D eigenvalue weighted by Crippen LogP contribution is 2.07. The minimum Gasteiger partial charge on any atom is -0.431 e. The number of rotatable bonds is 8. The van der Waals surface area contributed by atoms with E-state index in [9.17, 15) is 9.90 Å². The Kier molecular flexibility index (Phi) is 7.29. The van der Waals surface area contributed by atoms with Crippen LogP contribution >= 0.6 is 0 Å². The van der Waals surface area contributed by atoms with E-state index in [1.807, 2.05) is 6.92 Å². The molecule has 0 aliphatic carbocycles. The molecule has 0 rings (SSSR count). The summed E-state index contributed by atoms with van der Waals surface area (Å²) in [7, 11) is 0. The molecule has 1 N–H and O–H groups in total. The Morgan fingerprint density at radius 3 is 2.40 bits per heavy atom. The van der Waals surface area contributed by atoms with Crippen LogP contribution in [0.3, 0.4) is 0 Å². The molecule has 0 bridgehead atoms. The molecule has 0 amide bonds. The molecule has 0 saturated heterocycles. The SMILES string of the molecule is CCOCCOCC(C)(O)OC(=O)CC. The van der Waals surface area contributed by atoms with E-state index in [-0.39, 0.29) is 13.0 Å². The lowest BCUT2D eigenvalue weighted by Crippen LogP contribution is -2.36. The van der Waals surface area contributed by atoms with Gasteiger partial charge in [0.1, 0.15) is 6.61 Å². The maximum Gasteiger partial charge on any atom is 0.308 e. The molecule has 0 saturated carbocycles. The highest BCUT2D eigenvalue weighted by atomic mass is 16.7. The molecule has 90 valence electrons. The summed E-state index contributed by atoms with van der Waals surface area (Å²) in [6.07, 6.45) is 0.231. The third kappa shape index (κ3) is 8.35. The summed E-state index contributed by atoms with van der Waals surface area (Å²) in [4.78, 5) is 10.9. The van der Waals surface area contributed by atoms with Gasteiger partial charge < -0.3 is 19.3 Å². The number of ether oxygens (including phenoxy) is 3. The Morgan fingerprint density at radius 1 is 1.27 bits per heavy atom. The van der Waals surface area contributed by atoms with Gasteiger partial charge in [-0.1, -0.05) is 6.92 Å². The number of hydrogen-bond acceptors (Lipinski definition) is 5. The molecule has 15 heavy (non-hydrogen) atoms. The predicted molar refractivity (Wildman–Crippen MR) is 54.3 cm³/mol. The smallest absolute Gasteiger partial charge is 0.308 e. The summed E-state index contributed by atoms with van der Waals surface area (Å²) >= 11 is 0. The third-order valence-electron chi connectivity index (χ3n) is 1.57. The minimum atomic E-state index is -1.56. The summed E-state index contributed by atoms with van der Waals surface area (Å²) in [6, 6.07) is 0. The maximum atomic E-state index is 10.9. The van der Waals surface area contributed by atoms with E-state index in [4.69, 9.17) is 14.2 Å². The van der Waals surface area contributed by atoms with Crippen LogP contribution in [0.1, 0.15) is 27.2 Å². The van der Waals surface area contributed by atoms with Gasteiger partial charge in [0, 0.05) is 20.0 Å². The molecule has 1 unspecified atom stereocenters. The Bertz CT molecular complexity index is 179. The first-order valence-corrected chi connectivity index (χ1v) is 5.11. The summed E-state index contributed by atoms with van der Waals surface area (Å²) in [5.74, 6) is -2.01. The first-order chi connectivity index (χ1) is 7.02. The molecule has 0 spiro atoms. The molecule has 0 aromatic rings. The van der Waals surface area contributed by atoms with Crippen LogP contribution < -0.4 is 0 Å². The standard InChI is InChI=1S/C10H20O5/c1-4-9(11)15-10(3,12)8-14-7-6-13-5-2/h12H,4-8H2,1-3H3. The van der Waals surface area contributed by atoms with Crippen molar-refractivity contribution in [1.82, 2.24) is 0 Å². The molecule has 5 nitrogen and oxygen atoms in total. The lowest BCUT2D eigenvalue weighted by Gasteiger charge is -2.22. The fraction of sp³-hybridized carbons (Fsp3) is 0.900. The Morgan fingerprint density at radius 2 is 1.87 bits per heavy atom. The highest BCUT2D eigenvalue weighted by Gasteiger charge is 2.24. The van der Waals surface area contributed by atoms with Crippen molar-refractivity contribution < 1.29 is 24.1 Å². The average Bonchev–Trinajstić information content (AvgIpc) is 2.16. The van der Waals surface area contributed by atoms with Crippen molar-refractivity contribution in [3.8, 4) is 0 Å². The van der Waals surface area contributed by atoms with Gasteiger partial charge in [-0.3, -0.25) is 4.79 Å². The van der Waals surface area contributed by atoms with Gasteiger partial charge in [-0.25, -0.2) is 0 Å². The van der Waals surface area contributed by atoms with Gasteiger partial charge in [0.2, 0.25) is 5.79 Å². The molecule has 0 aromatic heterocycles. The lowest BCUT2D eigenvalue weighted by molar-refractivity contribution is -0.220. The molecule has 0 heterocycles. The number of esters is 1. The van der Waals surface area contributed by atoms with Crippen LogP contribution in [-0.2, 0) is 19.0 Å². The monoisotopic (exact) mass is 220 g/mol. The zero-order chi connectivity index (χ0) is 11.7. The van der Waals surface area contributed by atoms with Crippen LogP contribution in [0.25, 0.3) is 0 Å². The van der Waals surface area contributed by atoms with Crippen LogP contribution in [0, 0.1) is 0 Å². The molecular weight excluding hydrogens is 200 g/mol. The second kappa shape index (κ2) is 7.62. The summed E-state index contributed by atoms with van der Waals surface area (Å²) in [6.45, 7) is 6.35. The van der Waals surface area contributed by atoms with Crippen LogP contribution in [0.15, 0.2) is 0 Å². The van der Waals surface area contributed by atoms with Crippen LogP contribution in [0.4, 0.5) is 0 Å². The van der Waals surface area contributed by atoms with Gasteiger partial charge in [0.05, 0.1) is 13.2 Å². The molecule has 1 atom stereocenters. The molecule has 5 heteroatoms. The number of aliphatic hydroxyl groups is 1. The Balaban J connectivity index is 3.59. The quantitative estimate of drug-likeness (QED) is 0.370. The number of hydrogen-bond donors (Lipinski definition) is 1. The lowest BCUT2D eigenvalue weighted by atomic mass is 10.3. The van der Waals surface area contributed by atoms with Crippen molar-refractivity contribution in [3.63, 3.8) is 0 Å². The van der Waals surface area contributed by atoms with Crippen LogP contribution in [0.5, 0.6) is 0 Å². The topological polar surface area (TPSA) is 65.0 Å². The van der Waals surface area contributed by atoms with E-state index in [1.165, 1.54) is 6.92 Å². The second-order valence-corrected chi connectivity index (χ2v) is 3.25. The largest absolute Gasteiger partial charge is 0.431 e. The molecule has 0 fully saturated rings. The van der Waals surface area contributed by atoms with E-state index < -0.39 is 11.8 Å². The normalized spacial score (nSPS) is 14.7. The fourth-order valence-electron chi connectivity index (χ4n) is 0.871. The number of carbonyl (C=O) groups is 1. The van der Waals surface area contributed by atoms with E-state index in [0.29, 0.717) is 19.8 Å². The van der Waals surface area contributed by atoms with E-state index in [0.717, 1.165) is 0 Å². The zero-order valence-corrected chi connectivity index (χ0v) is 9.62. The molecule has 0 radical (unpaired) electrons. The predicted octanol–water partition coefficient (Wildman–Crippen LogP) is 0.701. The first-order valence-electron chi connectivity index (χ1n) is 5.11. The van der Waals surface area contributed by atoms with Gasteiger partial charge >= 0.3 is 5.97 Å². The minimum absolute atomic E-state index is 0.0498. The van der Waals surface area contributed by atoms with E-state index >= 15 is 0 Å². The third-order valence-corrected chi connectivity index (χ3v) is 1.57.